The summed E-state index contributed by atoms with van der Waals surface area (Å²) in [5.74, 6) is -0.118. The molecule has 1 heterocycles. The zero-order valence-electron chi connectivity index (χ0n) is 12.5. The van der Waals surface area contributed by atoms with Crippen LogP contribution in [0.2, 0.25) is 0 Å². The van der Waals surface area contributed by atoms with E-state index in [1.807, 2.05) is 12.1 Å². The first-order valence-corrected chi connectivity index (χ1v) is 9.27. The van der Waals surface area contributed by atoms with Gasteiger partial charge in [-0.15, -0.1) is 12.4 Å². The van der Waals surface area contributed by atoms with Gasteiger partial charge in [0.25, 0.3) is 0 Å². The number of nitrogens with two attached hydrogens (primary N) is 1. The number of hydrogen-bond acceptors (Lipinski definition) is 4. The number of amides is 1. The molecular weight excluding hydrogens is 392 g/mol. The summed E-state index contributed by atoms with van der Waals surface area (Å²) in [5, 5.41) is 0. The predicted molar refractivity (Wildman–Crippen MR) is 92.8 cm³/mol. The van der Waals surface area contributed by atoms with Crippen molar-refractivity contribution in [2.45, 2.75) is 24.9 Å². The van der Waals surface area contributed by atoms with Gasteiger partial charge in [-0.25, -0.2) is 8.42 Å². The van der Waals surface area contributed by atoms with Gasteiger partial charge in [0.1, 0.15) is 5.54 Å². The monoisotopic (exact) mass is 410 g/mol. The molecule has 2 rings (SSSR count). The Hall–Kier alpha value is -0.630. The van der Waals surface area contributed by atoms with Crippen LogP contribution in [0.15, 0.2) is 28.7 Å². The molecule has 2 N–H and O–H groups in total. The van der Waals surface area contributed by atoms with E-state index in [0.29, 0.717) is 12.0 Å². The highest BCUT2D eigenvalue weighted by atomic mass is 79.9. The number of sulfone groups is 1. The molecule has 8 heteroatoms. The molecule has 0 saturated carbocycles. The van der Waals surface area contributed by atoms with Crippen LogP contribution in [0.25, 0.3) is 0 Å². The molecule has 0 radical (unpaired) electrons. The second-order valence-electron chi connectivity index (χ2n) is 5.68. The molecule has 1 aliphatic heterocycles. The zero-order chi connectivity index (χ0) is 15.8. The van der Waals surface area contributed by atoms with Gasteiger partial charge in [0.05, 0.1) is 11.5 Å². The Labute approximate surface area is 145 Å². The fraction of sp³-hybridized carbons (Fsp3) is 0.500. The molecule has 1 aliphatic rings. The molecule has 0 bridgehead atoms. The highest BCUT2D eigenvalue weighted by Crippen LogP contribution is 2.25. The fourth-order valence-electron chi connectivity index (χ4n) is 2.53. The van der Waals surface area contributed by atoms with Gasteiger partial charge in [-0.3, -0.25) is 4.79 Å². The summed E-state index contributed by atoms with van der Waals surface area (Å²) in [6, 6.07) is 6.95. The third-order valence-electron chi connectivity index (χ3n) is 3.96. The molecule has 0 spiro atoms. The van der Waals surface area contributed by atoms with Gasteiger partial charge in [0.15, 0.2) is 9.84 Å². The Morgan fingerprint density at radius 3 is 2.36 bits per heavy atom. The normalized spacial score (nSPS) is 22.5. The second kappa shape index (κ2) is 6.86. The zero-order valence-corrected chi connectivity index (χ0v) is 15.7. The minimum Gasteiger partial charge on any atom is -0.340 e. The quantitative estimate of drug-likeness (QED) is 0.821. The molecule has 2 unspecified atom stereocenters. The lowest BCUT2D eigenvalue weighted by Gasteiger charge is -2.32. The summed E-state index contributed by atoms with van der Waals surface area (Å²) in [4.78, 5) is 14.1. The van der Waals surface area contributed by atoms with Crippen LogP contribution in [-0.4, -0.2) is 43.8 Å². The molecule has 1 aromatic carbocycles. The first kappa shape index (κ1) is 19.4. The lowest BCUT2D eigenvalue weighted by Crippen LogP contribution is -2.52. The molecule has 1 aromatic rings. The van der Waals surface area contributed by atoms with E-state index in [4.69, 9.17) is 5.73 Å². The summed E-state index contributed by atoms with van der Waals surface area (Å²) >= 11 is 3.34. The molecule has 5 nitrogen and oxygen atoms in total. The number of hydrogen-bond donors (Lipinski definition) is 1. The standard InChI is InChI=1S/C14H19BrN2O3S.ClH/c1-14(16,10-3-5-11(15)6-4-10)13(18)17(2)12-7-8-21(19,20)9-12;/h3-6,12H,7-9,16H2,1-2H3;1H. The Kier molecular flexibility index (Phi) is 6.06. The van der Waals surface area contributed by atoms with Gasteiger partial charge in [-0.1, -0.05) is 28.1 Å². The minimum absolute atomic E-state index is 0. The molecule has 0 aliphatic carbocycles. The van der Waals surface area contributed by atoms with Crippen LogP contribution < -0.4 is 5.73 Å². The summed E-state index contributed by atoms with van der Waals surface area (Å²) in [7, 11) is -1.41. The maximum absolute atomic E-state index is 12.6. The van der Waals surface area contributed by atoms with Crippen LogP contribution in [0.4, 0.5) is 0 Å². The van der Waals surface area contributed by atoms with E-state index in [1.165, 1.54) is 4.90 Å². The minimum atomic E-state index is -3.03. The third kappa shape index (κ3) is 4.01. The fourth-order valence-corrected chi connectivity index (χ4v) is 4.57. The molecular formula is C14H20BrClN2O3S. The highest BCUT2D eigenvalue weighted by Gasteiger charge is 2.39. The van der Waals surface area contributed by atoms with Crippen molar-refractivity contribution >= 4 is 44.1 Å². The van der Waals surface area contributed by atoms with Gasteiger partial charge in [-0.05, 0) is 31.0 Å². The van der Waals surface area contributed by atoms with Crippen molar-refractivity contribution in [3.63, 3.8) is 0 Å². The van der Waals surface area contributed by atoms with Gasteiger partial charge >= 0.3 is 0 Å². The SMILES string of the molecule is CN(C(=O)C(C)(N)c1ccc(Br)cc1)C1CCS(=O)(=O)C1.Cl. The second-order valence-corrected chi connectivity index (χ2v) is 8.83. The number of halogens is 2. The molecule has 1 fully saturated rings. The highest BCUT2D eigenvalue weighted by molar-refractivity contribution is 9.10. The van der Waals surface area contributed by atoms with Gasteiger partial charge in [0.2, 0.25) is 5.91 Å². The van der Waals surface area contributed by atoms with E-state index >= 15 is 0 Å². The summed E-state index contributed by atoms with van der Waals surface area (Å²) < 4.78 is 24.0. The molecule has 124 valence electrons. The molecule has 1 saturated heterocycles. The van der Waals surface area contributed by atoms with Crippen LogP contribution >= 0.6 is 28.3 Å². The number of rotatable bonds is 3. The van der Waals surface area contributed by atoms with Crippen LogP contribution in [0.5, 0.6) is 0 Å². The van der Waals surface area contributed by atoms with Gasteiger partial charge in [-0.2, -0.15) is 0 Å². The molecule has 22 heavy (non-hydrogen) atoms. The predicted octanol–water partition coefficient (Wildman–Crippen LogP) is 1.69. The maximum atomic E-state index is 12.6. The van der Waals surface area contributed by atoms with E-state index in [2.05, 4.69) is 15.9 Å². The largest absolute Gasteiger partial charge is 0.340 e. The Morgan fingerprint density at radius 1 is 1.36 bits per heavy atom. The van der Waals surface area contributed by atoms with E-state index in [9.17, 15) is 13.2 Å². The number of carbonyl (C=O) groups excluding carboxylic acids is 1. The van der Waals surface area contributed by atoms with Crippen molar-refractivity contribution in [1.29, 1.82) is 0 Å². The molecule has 0 aromatic heterocycles. The Bertz CT molecular complexity index is 647. The van der Waals surface area contributed by atoms with Crippen molar-refractivity contribution in [2.75, 3.05) is 18.6 Å². The van der Waals surface area contributed by atoms with Crippen LogP contribution in [0.1, 0.15) is 18.9 Å². The number of carbonyl (C=O) groups is 1. The van der Waals surface area contributed by atoms with Crippen LogP contribution in [0.3, 0.4) is 0 Å². The van der Waals surface area contributed by atoms with Crippen LogP contribution in [-0.2, 0) is 20.2 Å². The smallest absolute Gasteiger partial charge is 0.246 e. The van der Waals surface area contributed by atoms with Crippen molar-refractivity contribution in [1.82, 2.24) is 4.90 Å². The lowest BCUT2D eigenvalue weighted by atomic mass is 9.91. The van der Waals surface area contributed by atoms with Crippen molar-refractivity contribution in [2.24, 2.45) is 5.73 Å². The molecule has 1 amide bonds. The molecule has 2 atom stereocenters. The summed E-state index contributed by atoms with van der Waals surface area (Å²) in [6.45, 7) is 1.65. The van der Waals surface area contributed by atoms with Gasteiger partial charge < -0.3 is 10.6 Å². The van der Waals surface area contributed by atoms with E-state index in [0.717, 1.165) is 4.47 Å². The maximum Gasteiger partial charge on any atom is 0.246 e. The van der Waals surface area contributed by atoms with Crippen LogP contribution in [0, 0.1) is 0 Å². The van der Waals surface area contributed by atoms with E-state index < -0.39 is 15.4 Å². The number of benzene rings is 1. The number of likely N-dealkylation sites (N-methyl/N-ethyl adjacent to an activating group) is 1. The first-order valence-electron chi connectivity index (χ1n) is 6.66. The topological polar surface area (TPSA) is 80.5 Å². The average molecular weight is 412 g/mol. The average Bonchev–Trinajstić information content (AvgIpc) is 2.78. The third-order valence-corrected chi connectivity index (χ3v) is 6.24. The van der Waals surface area contributed by atoms with Crippen molar-refractivity contribution in [3.8, 4) is 0 Å². The summed E-state index contributed by atoms with van der Waals surface area (Å²) in [6.07, 6.45) is 0.473. The van der Waals surface area contributed by atoms with E-state index in [-0.39, 0.29) is 35.9 Å². The van der Waals surface area contributed by atoms with Gasteiger partial charge in [0, 0.05) is 17.6 Å². The first-order chi connectivity index (χ1) is 9.63. The number of nitrogens with zero attached hydrogens (tertiary/aromatic N) is 1. The lowest BCUT2D eigenvalue weighted by molar-refractivity contribution is -0.137. The van der Waals surface area contributed by atoms with Crippen molar-refractivity contribution in [3.05, 3.63) is 34.3 Å². The Balaban J connectivity index is 0.00000242. The summed E-state index contributed by atoms with van der Waals surface area (Å²) in [5.41, 5.74) is 5.73. The van der Waals surface area contributed by atoms with E-state index in [1.54, 1.807) is 26.1 Å². The van der Waals surface area contributed by atoms with Crippen molar-refractivity contribution < 1.29 is 13.2 Å². The Morgan fingerprint density at radius 2 is 1.91 bits per heavy atom.